The summed E-state index contributed by atoms with van der Waals surface area (Å²) >= 11 is 9.78. The molecule has 0 fully saturated rings. The lowest BCUT2D eigenvalue weighted by Crippen LogP contribution is -2.55. The third kappa shape index (κ3) is 2.66. The van der Waals surface area contributed by atoms with Crippen LogP contribution < -0.4 is 10.1 Å². The number of ether oxygens (including phenoxy) is 1. The van der Waals surface area contributed by atoms with Crippen molar-refractivity contribution in [3.63, 3.8) is 0 Å². The SMILES string of the molecule is O=C1Nc2ccc(Br)cc2[C@]12Oc1ccc(Cl)cc1[C@@H]1CC(c3ccc(F)cc3)=NN12. The van der Waals surface area contributed by atoms with Gasteiger partial charge in [0, 0.05) is 21.5 Å². The third-order valence-corrected chi connectivity index (χ3v) is 6.63. The third-order valence-electron chi connectivity index (χ3n) is 5.90. The van der Waals surface area contributed by atoms with Crippen molar-refractivity contribution in [3.05, 3.63) is 92.7 Å². The molecular formula is C23H14BrClFN3O2. The molecule has 0 saturated carbocycles. The van der Waals surface area contributed by atoms with Crippen LogP contribution in [0.2, 0.25) is 5.02 Å². The number of carbonyl (C=O) groups is 1. The predicted octanol–water partition coefficient (Wildman–Crippen LogP) is 5.59. The van der Waals surface area contributed by atoms with Crippen LogP contribution in [-0.4, -0.2) is 16.6 Å². The smallest absolute Gasteiger partial charge is 0.306 e. The molecule has 3 aromatic rings. The van der Waals surface area contributed by atoms with Gasteiger partial charge < -0.3 is 10.1 Å². The molecule has 6 rings (SSSR count). The number of amides is 1. The molecule has 1 N–H and O–H groups in total. The van der Waals surface area contributed by atoms with Crippen molar-refractivity contribution < 1.29 is 13.9 Å². The molecule has 8 heteroatoms. The number of fused-ring (bicyclic) bond motifs is 6. The van der Waals surface area contributed by atoms with E-state index in [0.717, 1.165) is 21.3 Å². The highest BCUT2D eigenvalue weighted by molar-refractivity contribution is 9.10. The van der Waals surface area contributed by atoms with Crippen molar-refractivity contribution in [3.8, 4) is 5.75 Å². The van der Waals surface area contributed by atoms with Gasteiger partial charge in [-0.05, 0) is 54.1 Å². The summed E-state index contributed by atoms with van der Waals surface area (Å²) in [5, 5.41) is 10.1. The highest BCUT2D eigenvalue weighted by Gasteiger charge is 2.61. The Morgan fingerprint density at radius 1 is 1.16 bits per heavy atom. The maximum absolute atomic E-state index is 13.5. The number of nitrogens with zero attached hydrogens (tertiary/aromatic N) is 2. The molecule has 1 amide bonds. The molecule has 5 nitrogen and oxygen atoms in total. The summed E-state index contributed by atoms with van der Waals surface area (Å²) in [6.07, 6.45) is 0.528. The van der Waals surface area contributed by atoms with E-state index in [0.29, 0.717) is 28.4 Å². The molecule has 0 radical (unpaired) electrons. The minimum absolute atomic E-state index is 0.266. The lowest BCUT2D eigenvalue weighted by Gasteiger charge is -2.44. The van der Waals surface area contributed by atoms with E-state index in [-0.39, 0.29) is 17.8 Å². The number of carbonyl (C=O) groups excluding carboxylic acids is 1. The second-order valence-electron chi connectivity index (χ2n) is 7.69. The van der Waals surface area contributed by atoms with Gasteiger partial charge in [-0.15, -0.1) is 0 Å². The van der Waals surface area contributed by atoms with Crippen LogP contribution in [0.1, 0.15) is 29.2 Å². The first-order valence-electron chi connectivity index (χ1n) is 9.68. The topological polar surface area (TPSA) is 53.9 Å². The van der Waals surface area contributed by atoms with E-state index in [1.54, 1.807) is 29.3 Å². The van der Waals surface area contributed by atoms with E-state index in [1.807, 2.05) is 24.3 Å². The van der Waals surface area contributed by atoms with Crippen molar-refractivity contribution in [1.82, 2.24) is 5.01 Å². The summed E-state index contributed by atoms with van der Waals surface area (Å²) < 4.78 is 20.7. The Hall–Kier alpha value is -2.90. The average Bonchev–Trinajstić information content (AvgIpc) is 3.31. The first kappa shape index (κ1) is 18.8. The highest BCUT2D eigenvalue weighted by atomic mass is 79.9. The fourth-order valence-electron chi connectivity index (χ4n) is 4.50. The van der Waals surface area contributed by atoms with E-state index >= 15 is 0 Å². The molecule has 3 aliphatic heterocycles. The van der Waals surface area contributed by atoms with E-state index in [4.69, 9.17) is 21.4 Å². The van der Waals surface area contributed by atoms with Crippen LogP contribution in [0.5, 0.6) is 5.75 Å². The monoisotopic (exact) mass is 497 g/mol. The quantitative estimate of drug-likeness (QED) is 0.476. The molecule has 0 aliphatic carbocycles. The van der Waals surface area contributed by atoms with Gasteiger partial charge in [0.1, 0.15) is 11.6 Å². The van der Waals surface area contributed by atoms with Crippen LogP contribution in [0.4, 0.5) is 10.1 Å². The van der Waals surface area contributed by atoms with Crippen molar-refractivity contribution >= 4 is 44.8 Å². The van der Waals surface area contributed by atoms with Gasteiger partial charge >= 0.3 is 5.72 Å². The average molecular weight is 499 g/mol. The summed E-state index contributed by atoms with van der Waals surface area (Å²) in [6.45, 7) is 0. The maximum atomic E-state index is 13.5. The number of hydrogen-bond donors (Lipinski definition) is 1. The van der Waals surface area contributed by atoms with E-state index in [2.05, 4.69) is 21.2 Å². The van der Waals surface area contributed by atoms with Crippen LogP contribution in [0.25, 0.3) is 0 Å². The van der Waals surface area contributed by atoms with E-state index in [9.17, 15) is 9.18 Å². The van der Waals surface area contributed by atoms with Crippen molar-refractivity contribution in [2.24, 2.45) is 5.10 Å². The fourth-order valence-corrected chi connectivity index (χ4v) is 5.04. The molecule has 0 saturated heterocycles. The Morgan fingerprint density at radius 3 is 2.77 bits per heavy atom. The lowest BCUT2D eigenvalue weighted by atomic mass is 9.92. The van der Waals surface area contributed by atoms with Gasteiger partial charge in [0.25, 0.3) is 5.91 Å². The number of hydrazone groups is 1. The molecule has 3 aromatic carbocycles. The number of rotatable bonds is 1. The van der Waals surface area contributed by atoms with Gasteiger partial charge in [0.05, 0.1) is 23.0 Å². The molecule has 2 atom stereocenters. The molecule has 154 valence electrons. The van der Waals surface area contributed by atoms with Crippen LogP contribution in [0.15, 0.2) is 70.2 Å². The Bertz CT molecular complexity index is 1300. The van der Waals surface area contributed by atoms with Gasteiger partial charge in [-0.3, -0.25) is 4.79 Å². The van der Waals surface area contributed by atoms with Crippen molar-refractivity contribution in [2.75, 3.05) is 5.32 Å². The molecule has 0 unspecified atom stereocenters. The van der Waals surface area contributed by atoms with Gasteiger partial charge in [-0.25, -0.2) is 9.40 Å². The van der Waals surface area contributed by atoms with Crippen LogP contribution in [0.3, 0.4) is 0 Å². The van der Waals surface area contributed by atoms with Crippen LogP contribution in [-0.2, 0) is 10.5 Å². The molecule has 3 aliphatic rings. The zero-order valence-electron chi connectivity index (χ0n) is 15.9. The summed E-state index contributed by atoms with van der Waals surface area (Å²) in [5.74, 6) is -0.0366. The van der Waals surface area contributed by atoms with E-state index in [1.165, 1.54) is 12.1 Å². The Balaban J connectivity index is 1.58. The molecule has 1 spiro atoms. The second kappa shape index (κ2) is 6.55. The Kier molecular flexibility index (Phi) is 3.98. The molecule has 3 heterocycles. The van der Waals surface area contributed by atoms with Crippen LogP contribution in [0, 0.1) is 5.82 Å². The number of anilines is 1. The predicted molar refractivity (Wildman–Crippen MR) is 119 cm³/mol. The summed E-state index contributed by atoms with van der Waals surface area (Å²) in [7, 11) is 0. The second-order valence-corrected chi connectivity index (χ2v) is 9.04. The Morgan fingerprint density at radius 2 is 1.97 bits per heavy atom. The normalized spacial score (nSPS) is 23.1. The van der Waals surface area contributed by atoms with E-state index < -0.39 is 5.72 Å². The fraction of sp³-hybridized carbons (Fsp3) is 0.130. The molecular weight excluding hydrogens is 485 g/mol. The Labute approximate surface area is 190 Å². The van der Waals surface area contributed by atoms with Crippen molar-refractivity contribution in [2.45, 2.75) is 18.2 Å². The zero-order chi connectivity index (χ0) is 21.3. The standard InChI is InChI=1S/C23H14BrClFN3O2/c24-13-3-7-18-17(9-13)23(22(30)27-18)29-20(16-10-14(25)4-8-21(16)31-23)11-19(28-29)12-1-5-15(26)6-2-12/h1-10,20H,11H2,(H,27,30)/t20-,23-/m0/s1. The van der Waals surface area contributed by atoms with Crippen LogP contribution >= 0.6 is 27.5 Å². The number of hydrogen-bond acceptors (Lipinski definition) is 4. The first-order valence-corrected chi connectivity index (χ1v) is 10.9. The zero-order valence-corrected chi connectivity index (χ0v) is 18.2. The number of benzene rings is 3. The minimum Gasteiger partial charge on any atom is -0.453 e. The number of nitrogens with one attached hydrogen (secondary N) is 1. The first-order chi connectivity index (χ1) is 15.0. The van der Waals surface area contributed by atoms with Crippen molar-refractivity contribution in [1.29, 1.82) is 0 Å². The van der Waals surface area contributed by atoms with Gasteiger partial charge in [-0.2, -0.15) is 5.10 Å². The minimum atomic E-state index is -1.45. The maximum Gasteiger partial charge on any atom is 0.306 e. The van der Waals surface area contributed by atoms with Gasteiger partial charge in [0.2, 0.25) is 0 Å². The molecule has 0 aromatic heterocycles. The van der Waals surface area contributed by atoms with Gasteiger partial charge in [-0.1, -0.05) is 39.7 Å². The highest BCUT2D eigenvalue weighted by Crippen LogP contribution is 2.54. The summed E-state index contributed by atoms with van der Waals surface area (Å²) in [5.41, 5.74) is 2.30. The number of halogens is 3. The summed E-state index contributed by atoms with van der Waals surface area (Å²) in [4.78, 5) is 13.4. The summed E-state index contributed by atoms with van der Waals surface area (Å²) in [6, 6.07) is 16.9. The molecule has 31 heavy (non-hydrogen) atoms. The lowest BCUT2D eigenvalue weighted by molar-refractivity contribution is -0.161. The largest absolute Gasteiger partial charge is 0.453 e. The van der Waals surface area contributed by atoms with Gasteiger partial charge in [0.15, 0.2) is 0 Å². The molecule has 0 bridgehead atoms.